The highest BCUT2D eigenvalue weighted by atomic mass is 16.1. The molecule has 3 aliphatic rings. The zero-order valence-electron chi connectivity index (χ0n) is 17.8. The van der Waals surface area contributed by atoms with Gasteiger partial charge in [-0.3, -0.25) is 4.79 Å². The molecule has 3 heterocycles. The van der Waals surface area contributed by atoms with Gasteiger partial charge >= 0.3 is 0 Å². The molecule has 0 unspecified atom stereocenters. The monoisotopic (exact) mass is 399 g/mol. The van der Waals surface area contributed by atoms with E-state index in [2.05, 4.69) is 25.1 Å². The van der Waals surface area contributed by atoms with Gasteiger partial charge in [-0.05, 0) is 38.5 Å². The lowest BCUT2D eigenvalue weighted by Gasteiger charge is -2.33. The Morgan fingerprint density at radius 1 is 0.759 bits per heavy atom. The van der Waals surface area contributed by atoms with Crippen LogP contribution in [0.4, 0.5) is 11.6 Å². The summed E-state index contributed by atoms with van der Waals surface area (Å²) in [5.74, 6) is 1.31. The molecule has 0 atom stereocenters. The highest BCUT2D eigenvalue weighted by Gasteiger charge is 2.27. The lowest BCUT2D eigenvalue weighted by Crippen LogP contribution is -2.43. The van der Waals surface area contributed by atoms with Gasteiger partial charge in [0.05, 0.1) is 18.1 Å². The predicted molar refractivity (Wildman–Crippen MR) is 117 cm³/mol. The molecule has 4 rings (SSSR count). The van der Waals surface area contributed by atoms with E-state index in [0.29, 0.717) is 6.04 Å². The highest BCUT2D eigenvalue weighted by Crippen LogP contribution is 2.25. The maximum Gasteiger partial charge on any atom is 0.225 e. The summed E-state index contributed by atoms with van der Waals surface area (Å²) < 4.78 is 0. The molecule has 1 amide bonds. The van der Waals surface area contributed by atoms with E-state index in [9.17, 15) is 4.79 Å². The second kappa shape index (κ2) is 10.3. The number of rotatable bonds is 4. The highest BCUT2D eigenvalue weighted by molar-refractivity contribution is 5.79. The van der Waals surface area contributed by atoms with Crippen molar-refractivity contribution < 1.29 is 4.79 Å². The van der Waals surface area contributed by atoms with Gasteiger partial charge in [0.25, 0.3) is 0 Å². The Kier molecular flexibility index (Phi) is 7.23. The molecule has 1 saturated carbocycles. The van der Waals surface area contributed by atoms with E-state index in [1.54, 1.807) is 0 Å². The van der Waals surface area contributed by atoms with Crippen LogP contribution in [0.2, 0.25) is 0 Å². The first-order valence-corrected chi connectivity index (χ1v) is 11.9. The number of nitrogens with zero attached hydrogens (tertiary/aromatic N) is 4. The molecule has 3 fully saturated rings. The molecule has 2 aliphatic heterocycles. The third-order valence-corrected chi connectivity index (χ3v) is 6.95. The minimum Gasteiger partial charge on any atom is -0.369 e. The maximum atomic E-state index is 12.7. The van der Waals surface area contributed by atoms with Crippen LogP contribution in [0.15, 0.2) is 12.4 Å². The summed E-state index contributed by atoms with van der Waals surface area (Å²) in [6.07, 6.45) is 18.4. The summed E-state index contributed by atoms with van der Waals surface area (Å²) in [5.41, 5.74) is 1.09. The molecule has 0 spiro atoms. The minimum absolute atomic E-state index is 0.159. The summed E-state index contributed by atoms with van der Waals surface area (Å²) in [6, 6.07) is 0.406. The van der Waals surface area contributed by atoms with Crippen LogP contribution in [0.5, 0.6) is 0 Å². The first-order chi connectivity index (χ1) is 14.3. The maximum absolute atomic E-state index is 12.7. The largest absolute Gasteiger partial charge is 0.369 e. The minimum atomic E-state index is 0.159. The van der Waals surface area contributed by atoms with Crippen molar-refractivity contribution in [3.05, 3.63) is 12.4 Å². The molecule has 6 heteroatoms. The number of piperidine rings is 1. The van der Waals surface area contributed by atoms with Gasteiger partial charge in [-0.2, -0.15) is 0 Å². The second-order valence-corrected chi connectivity index (χ2v) is 9.10. The fourth-order valence-electron chi connectivity index (χ4n) is 5.05. The van der Waals surface area contributed by atoms with Crippen molar-refractivity contribution >= 4 is 17.5 Å². The fraction of sp³-hybridized carbons (Fsp3) is 0.783. The molecule has 0 aromatic carbocycles. The predicted octanol–water partition coefficient (Wildman–Crippen LogP) is 3.91. The van der Waals surface area contributed by atoms with Gasteiger partial charge in [-0.25, -0.2) is 9.97 Å². The molecule has 1 aromatic rings. The van der Waals surface area contributed by atoms with Crippen molar-refractivity contribution in [2.24, 2.45) is 5.92 Å². The van der Waals surface area contributed by atoms with Crippen molar-refractivity contribution in [1.29, 1.82) is 0 Å². The Balaban J connectivity index is 1.26. The summed E-state index contributed by atoms with van der Waals surface area (Å²) >= 11 is 0. The Morgan fingerprint density at radius 3 is 1.97 bits per heavy atom. The number of carbonyl (C=O) groups excluding carboxylic acids is 1. The van der Waals surface area contributed by atoms with E-state index in [-0.39, 0.29) is 11.8 Å². The zero-order chi connectivity index (χ0) is 19.9. The van der Waals surface area contributed by atoms with Gasteiger partial charge in [-0.15, -0.1) is 0 Å². The Hall–Kier alpha value is -1.85. The van der Waals surface area contributed by atoms with Crippen LogP contribution in [-0.2, 0) is 4.79 Å². The molecule has 6 nitrogen and oxygen atoms in total. The normalized spacial score (nSPS) is 22.8. The Bertz CT molecular complexity index is 625. The van der Waals surface area contributed by atoms with Crippen molar-refractivity contribution in [3.8, 4) is 0 Å². The molecular weight excluding hydrogens is 362 g/mol. The van der Waals surface area contributed by atoms with Crippen molar-refractivity contribution in [3.63, 3.8) is 0 Å². The smallest absolute Gasteiger partial charge is 0.225 e. The van der Waals surface area contributed by atoms with Gasteiger partial charge < -0.3 is 15.1 Å². The van der Waals surface area contributed by atoms with Crippen LogP contribution < -0.4 is 15.1 Å². The molecular formula is C23H37N5O. The summed E-state index contributed by atoms with van der Waals surface area (Å²) in [4.78, 5) is 26.7. The van der Waals surface area contributed by atoms with Gasteiger partial charge in [0, 0.05) is 38.1 Å². The first-order valence-electron chi connectivity index (χ1n) is 11.9. The van der Waals surface area contributed by atoms with Gasteiger partial charge in [0.15, 0.2) is 0 Å². The fourth-order valence-corrected chi connectivity index (χ4v) is 5.05. The molecule has 1 N–H and O–H groups in total. The Labute approximate surface area is 175 Å². The van der Waals surface area contributed by atoms with Crippen molar-refractivity contribution in [2.45, 2.75) is 83.1 Å². The number of carbonyl (C=O) groups is 1. The molecule has 0 radical (unpaired) electrons. The third kappa shape index (κ3) is 5.61. The molecule has 160 valence electrons. The van der Waals surface area contributed by atoms with E-state index in [1.165, 1.54) is 51.4 Å². The topological polar surface area (TPSA) is 61.4 Å². The summed E-state index contributed by atoms with van der Waals surface area (Å²) in [7, 11) is 0. The van der Waals surface area contributed by atoms with Crippen LogP contribution in [0.3, 0.4) is 0 Å². The summed E-state index contributed by atoms with van der Waals surface area (Å²) in [6.45, 7) is 3.96. The third-order valence-electron chi connectivity index (χ3n) is 6.95. The Morgan fingerprint density at radius 2 is 1.34 bits per heavy atom. The van der Waals surface area contributed by atoms with E-state index in [1.807, 2.05) is 12.4 Å². The number of nitrogens with one attached hydrogen (secondary N) is 1. The van der Waals surface area contributed by atoms with E-state index in [4.69, 9.17) is 0 Å². The zero-order valence-corrected chi connectivity index (χ0v) is 17.8. The average molecular weight is 400 g/mol. The number of hydrogen-bond donors (Lipinski definition) is 1. The number of hydrogen-bond acceptors (Lipinski definition) is 5. The van der Waals surface area contributed by atoms with E-state index in [0.717, 1.165) is 63.5 Å². The molecule has 29 heavy (non-hydrogen) atoms. The quantitative estimate of drug-likeness (QED) is 0.778. The van der Waals surface area contributed by atoms with Crippen LogP contribution in [-0.4, -0.2) is 48.1 Å². The molecule has 1 aromatic heterocycles. The molecule has 1 aliphatic carbocycles. The number of anilines is 2. The van der Waals surface area contributed by atoms with Gasteiger partial charge in [0.2, 0.25) is 11.9 Å². The van der Waals surface area contributed by atoms with Crippen molar-refractivity contribution in [1.82, 2.24) is 15.3 Å². The standard InChI is InChI=1S/C23H37N5O/c29-22(26-20-9-5-1-2-6-10-20)19-11-15-27(16-12-19)21-17-24-23(25-18-21)28-13-7-3-4-8-14-28/h17-20H,1-16H2,(H,26,29). The number of amides is 1. The van der Waals surface area contributed by atoms with Crippen LogP contribution >= 0.6 is 0 Å². The van der Waals surface area contributed by atoms with Crippen LogP contribution in [0.1, 0.15) is 77.0 Å². The van der Waals surface area contributed by atoms with E-state index >= 15 is 0 Å². The van der Waals surface area contributed by atoms with E-state index < -0.39 is 0 Å². The molecule has 2 saturated heterocycles. The average Bonchev–Trinajstić information content (AvgIpc) is 3.19. The first kappa shape index (κ1) is 20.4. The number of aromatic nitrogens is 2. The van der Waals surface area contributed by atoms with Crippen LogP contribution in [0, 0.1) is 5.92 Å². The van der Waals surface area contributed by atoms with Gasteiger partial charge in [-0.1, -0.05) is 38.5 Å². The molecule has 0 bridgehead atoms. The lowest BCUT2D eigenvalue weighted by molar-refractivity contribution is -0.126. The summed E-state index contributed by atoms with van der Waals surface area (Å²) in [5, 5.41) is 3.34. The van der Waals surface area contributed by atoms with Crippen molar-refractivity contribution in [2.75, 3.05) is 36.0 Å². The second-order valence-electron chi connectivity index (χ2n) is 9.10. The lowest BCUT2D eigenvalue weighted by atomic mass is 9.95. The van der Waals surface area contributed by atoms with Gasteiger partial charge in [0.1, 0.15) is 0 Å². The van der Waals surface area contributed by atoms with Crippen LogP contribution in [0.25, 0.3) is 0 Å². The SMILES string of the molecule is O=C(NC1CCCCCC1)C1CCN(c2cnc(N3CCCCCC3)nc2)CC1.